The van der Waals surface area contributed by atoms with Gasteiger partial charge in [0.2, 0.25) is 11.8 Å². The summed E-state index contributed by atoms with van der Waals surface area (Å²) in [5.74, 6) is -0.278. The van der Waals surface area contributed by atoms with E-state index in [9.17, 15) is 19.5 Å². The summed E-state index contributed by atoms with van der Waals surface area (Å²) in [5.41, 5.74) is 2.69. The fourth-order valence-electron chi connectivity index (χ4n) is 9.74. The minimum absolute atomic E-state index is 0.0414. The van der Waals surface area contributed by atoms with Gasteiger partial charge in [-0.2, -0.15) is 0 Å². The summed E-state index contributed by atoms with van der Waals surface area (Å²) in [6.45, 7) is 8.62. The fourth-order valence-corrected chi connectivity index (χ4v) is 13.8. The lowest BCUT2D eigenvalue weighted by Crippen LogP contribution is -2.52. The molecular weight excluding hydrogens is 729 g/mol. The average molecular weight is 783 g/mol. The van der Waals surface area contributed by atoms with Gasteiger partial charge in [0, 0.05) is 49.8 Å². The van der Waals surface area contributed by atoms with Crippen molar-refractivity contribution < 1.29 is 38.5 Å². The minimum Gasteiger partial charge on any atom is -0.497 e. The highest BCUT2D eigenvalue weighted by atomic mass is 28.3. The Bertz CT molecular complexity index is 1970. The van der Waals surface area contributed by atoms with Crippen molar-refractivity contribution in [3.63, 3.8) is 0 Å². The number of carbonyl (C=O) groups excluding carboxylic acids is 4. The van der Waals surface area contributed by atoms with Gasteiger partial charge in [0.25, 0.3) is 5.91 Å². The Labute approximate surface area is 330 Å². The van der Waals surface area contributed by atoms with Crippen LogP contribution in [0.25, 0.3) is 0 Å². The third kappa shape index (κ3) is 7.03. The summed E-state index contributed by atoms with van der Waals surface area (Å²) >= 11 is 0. The molecule has 7 rings (SSSR count). The SMILES string of the molecule is COC(=O)CCCCN1C(=O)[C@@]2(O[C@@H](CC(=O)N3Cc4ccccc4C[C@H]3CO)[C@H]([Si](C)(C)c3ccc(OC)cc3)[C@H]2C)c2cc(N3CCNCC3=O)ccc21. The molecule has 2 N–H and O–H groups in total. The zero-order valence-electron chi connectivity index (χ0n) is 33.1. The number of hydrogen-bond acceptors (Lipinski definition) is 9. The van der Waals surface area contributed by atoms with Crippen molar-refractivity contribution in [3.05, 3.63) is 83.4 Å². The smallest absolute Gasteiger partial charge is 0.305 e. The van der Waals surface area contributed by atoms with E-state index in [1.165, 1.54) is 7.11 Å². The summed E-state index contributed by atoms with van der Waals surface area (Å²) in [5, 5.41) is 14.8. The quantitative estimate of drug-likeness (QED) is 0.159. The Kier molecular flexibility index (Phi) is 11.4. The highest BCUT2D eigenvalue weighted by Gasteiger charge is 2.66. The lowest BCUT2D eigenvalue weighted by atomic mass is 9.82. The maximum absolute atomic E-state index is 15.3. The summed E-state index contributed by atoms with van der Waals surface area (Å²) in [7, 11) is 0.435. The molecule has 3 aromatic rings. The molecule has 0 aliphatic carbocycles. The number of piperazine rings is 1. The van der Waals surface area contributed by atoms with Crippen molar-refractivity contribution in [2.24, 2.45) is 5.92 Å². The van der Waals surface area contributed by atoms with Gasteiger partial charge < -0.3 is 39.3 Å². The van der Waals surface area contributed by atoms with Gasteiger partial charge in [0.15, 0.2) is 5.60 Å². The van der Waals surface area contributed by atoms with Gasteiger partial charge in [0.1, 0.15) is 5.75 Å². The van der Waals surface area contributed by atoms with Crippen LogP contribution in [0.2, 0.25) is 18.6 Å². The number of unbranched alkanes of at least 4 members (excludes halogenated alkanes) is 1. The second-order valence-electron chi connectivity index (χ2n) is 16.1. The monoisotopic (exact) mass is 782 g/mol. The molecule has 0 unspecified atom stereocenters. The van der Waals surface area contributed by atoms with Crippen molar-refractivity contribution in [2.45, 2.75) is 82.0 Å². The van der Waals surface area contributed by atoms with Crippen LogP contribution < -0.4 is 25.0 Å². The van der Waals surface area contributed by atoms with Crippen LogP contribution in [-0.2, 0) is 47.2 Å². The van der Waals surface area contributed by atoms with Gasteiger partial charge in [0.05, 0.1) is 59.7 Å². The second-order valence-corrected chi connectivity index (χ2v) is 20.8. The van der Waals surface area contributed by atoms with Crippen LogP contribution in [0.1, 0.15) is 49.3 Å². The van der Waals surface area contributed by atoms with Crippen molar-refractivity contribution in [2.75, 3.05) is 56.8 Å². The number of carbonyl (C=O) groups is 4. The van der Waals surface area contributed by atoms with E-state index in [0.29, 0.717) is 62.4 Å². The average Bonchev–Trinajstić information content (AvgIpc) is 3.64. The fraction of sp³-hybridized carbons (Fsp3) is 0.488. The number of nitrogens with zero attached hydrogens (tertiary/aromatic N) is 3. The molecule has 3 aromatic carbocycles. The van der Waals surface area contributed by atoms with E-state index in [0.717, 1.165) is 22.1 Å². The van der Waals surface area contributed by atoms with Crippen molar-refractivity contribution in [1.29, 1.82) is 0 Å². The number of hydrogen-bond donors (Lipinski definition) is 2. The standard InChI is InChI=1S/C43H54N4O8Si/c1-28-41(56(4,5)34-16-14-33(53-2)15-17-34)37(24-38(49)47-26-30-11-7-6-10-29(30)22-32(47)27-48)55-43(28)35-23-31(45-21-19-44-25-39(45)50)13-18-36(35)46(42(43)52)20-9-8-12-40(51)54-3/h6-7,10-11,13-18,23,28,32,37,41,44,48H,8-9,12,19-22,24-27H2,1-5H3/t28-,32+,37+,41-,43+/m1/s1. The molecule has 12 nitrogen and oxygen atoms in total. The summed E-state index contributed by atoms with van der Waals surface area (Å²) in [4.78, 5) is 60.3. The number of ether oxygens (including phenoxy) is 3. The van der Waals surface area contributed by atoms with Gasteiger partial charge in [-0.05, 0) is 66.3 Å². The van der Waals surface area contributed by atoms with E-state index in [2.05, 4.69) is 43.5 Å². The van der Waals surface area contributed by atoms with E-state index >= 15 is 4.79 Å². The third-order valence-electron chi connectivity index (χ3n) is 12.7. The molecule has 1 spiro atoms. The summed E-state index contributed by atoms with van der Waals surface area (Å²) in [6, 6.07) is 21.5. The lowest BCUT2D eigenvalue weighted by molar-refractivity contribution is -0.151. The predicted molar refractivity (Wildman–Crippen MR) is 216 cm³/mol. The number of benzene rings is 3. The number of methoxy groups -OCH3 is 2. The maximum Gasteiger partial charge on any atom is 0.305 e. The van der Waals surface area contributed by atoms with Crippen LogP contribution in [0.5, 0.6) is 5.75 Å². The Morgan fingerprint density at radius 2 is 1.77 bits per heavy atom. The Morgan fingerprint density at radius 3 is 2.46 bits per heavy atom. The molecule has 0 radical (unpaired) electrons. The Balaban J connectivity index is 1.30. The molecule has 4 heterocycles. The number of nitrogens with one attached hydrogen (secondary N) is 1. The molecule has 4 aliphatic rings. The zero-order chi connectivity index (χ0) is 39.8. The van der Waals surface area contributed by atoms with Gasteiger partial charge in [-0.1, -0.05) is 61.6 Å². The van der Waals surface area contributed by atoms with Crippen LogP contribution in [0, 0.1) is 5.92 Å². The number of aliphatic hydroxyl groups is 1. The molecule has 3 amide bonds. The predicted octanol–water partition coefficient (Wildman–Crippen LogP) is 3.87. The molecule has 5 atom stereocenters. The van der Waals surface area contributed by atoms with Crippen LogP contribution in [-0.4, -0.2) is 101 Å². The van der Waals surface area contributed by atoms with Gasteiger partial charge in [-0.3, -0.25) is 19.2 Å². The topological polar surface area (TPSA) is 138 Å². The zero-order valence-corrected chi connectivity index (χ0v) is 34.1. The van der Waals surface area contributed by atoms with Crippen molar-refractivity contribution in [3.8, 4) is 5.75 Å². The first-order valence-corrected chi connectivity index (χ1v) is 22.9. The van der Waals surface area contributed by atoms with E-state index in [1.54, 1.807) is 21.8 Å². The molecule has 0 saturated carbocycles. The van der Waals surface area contributed by atoms with Crippen LogP contribution in [0.15, 0.2) is 66.7 Å². The highest BCUT2D eigenvalue weighted by Crippen LogP contribution is 2.60. The van der Waals surface area contributed by atoms with Crippen LogP contribution in [0.3, 0.4) is 0 Å². The largest absolute Gasteiger partial charge is 0.497 e. The molecule has 0 aromatic heterocycles. The first-order chi connectivity index (χ1) is 26.9. The van der Waals surface area contributed by atoms with E-state index in [4.69, 9.17) is 14.2 Å². The van der Waals surface area contributed by atoms with E-state index in [-0.39, 0.29) is 67.2 Å². The normalized spacial score (nSPS) is 24.7. The highest BCUT2D eigenvalue weighted by molar-refractivity contribution is 6.91. The first-order valence-electron chi connectivity index (χ1n) is 19.8. The number of fused-ring (bicyclic) bond motifs is 3. The number of aliphatic hydroxyl groups excluding tert-OH is 1. The number of amides is 3. The first kappa shape index (κ1) is 39.7. The molecule has 13 heteroatoms. The Hall–Kier alpha value is -4.56. The number of esters is 1. The second kappa shape index (κ2) is 16.1. The minimum atomic E-state index is -2.57. The summed E-state index contributed by atoms with van der Waals surface area (Å²) in [6.07, 6.45) is 1.34. The van der Waals surface area contributed by atoms with E-state index < -0.39 is 19.8 Å². The van der Waals surface area contributed by atoms with Gasteiger partial charge in [-0.15, -0.1) is 0 Å². The Morgan fingerprint density at radius 1 is 1.02 bits per heavy atom. The van der Waals surface area contributed by atoms with E-state index in [1.807, 2.05) is 48.5 Å². The van der Waals surface area contributed by atoms with Crippen molar-refractivity contribution in [1.82, 2.24) is 10.2 Å². The molecule has 2 fully saturated rings. The lowest BCUT2D eigenvalue weighted by Gasteiger charge is -2.39. The molecule has 4 aliphatic heterocycles. The maximum atomic E-state index is 15.3. The number of rotatable bonds is 12. The number of anilines is 2. The molecule has 2 saturated heterocycles. The third-order valence-corrected chi connectivity index (χ3v) is 17.1. The van der Waals surface area contributed by atoms with Gasteiger partial charge >= 0.3 is 5.97 Å². The van der Waals surface area contributed by atoms with Crippen LogP contribution in [0.4, 0.5) is 11.4 Å². The molecular formula is C43H54N4O8Si. The molecule has 298 valence electrons. The summed E-state index contributed by atoms with van der Waals surface area (Å²) < 4.78 is 17.7. The van der Waals surface area contributed by atoms with Crippen molar-refractivity contribution >= 4 is 48.3 Å². The van der Waals surface area contributed by atoms with Crippen LogP contribution >= 0.6 is 0 Å². The van der Waals surface area contributed by atoms with Gasteiger partial charge in [-0.25, -0.2) is 0 Å². The molecule has 56 heavy (non-hydrogen) atoms. The molecule has 0 bridgehead atoms.